The van der Waals surface area contributed by atoms with Crippen LogP contribution >= 0.6 is 0 Å². The lowest BCUT2D eigenvalue weighted by atomic mass is 9.53. The van der Waals surface area contributed by atoms with Crippen molar-refractivity contribution in [1.29, 1.82) is 0 Å². The van der Waals surface area contributed by atoms with Crippen LogP contribution < -0.4 is 16.0 Å². The molecule has 4 rings (SSSR count). The Morgan fingerprint density at radius 3 is 1.96 bits per heavy atom. The first-order valence-corrected chi connectivity index (χ1v) is 8.88. The van der Waals surface area contributed by atoms with Crippen LogP contribution in [-0.2, 0) is 9.59 Å². The highest BCUT2D eigenvalue weighted by atomic mass is 16.2. The summed E-state index contributed by atoms with van der Waals surface area (Å²) in [7, 11) is 3.22. The van der Waals surface area contributed by atoms with E-state index in [1.807, 2.05) is 0 Å². The molecule has 0 aromatic carbocycles. The van der Waals surface area contributed by atoms with Crippen LogP contribution in [0, 0.1) is 17.8 Å². The first-order chi connectivity index (χ1) is 11.4. The predicted octanol–water partition coefficient (Wildman–Crippen LogP) is 0.459. The van der Waals surface area contributed by atoms with Gasteiger partial charge in [-0.1, -0.05) is 0 Å². The zero-order valence-corrected chi connectivity index (χ0v) is 14.6. The molecule has 4 aliphatic carbocycles. The van der Waals surface area contributed by atoms with Gasteiger partial charge in [0.2, 0.25) is 11.8 Å². The molecule has 0 aliphatic heterocycles. The first-order valence-electron chi connectivity index (χ1n) is 8.88. The number of nitrogens with zero attached hydrogens (tertiary/aromatic N) is 1. The van der Waals surface area contributed by atoms with Crippen molar-refractivity contribution in [2.45, 2.75) is 44.1 Å². The highest BCUT2D eigenvalue weighted by Crippen LogP contribution is 2.55. The number of carbonyl (C=O) groups excluding carboxylic acids is 3. The number of likely N-dealkylation sites (N-methyl/N-ethyl adjacent to an activating group) is 2. The molecule has 4 amide bonds. The Hall–Kier alpha value is -1.63. The molecule has 3 N–H and O–H groups in total. The number of urea groups is 1. The second-order valence-corrected chi connectivity index (χ2v) is 8.05. The Labute approximate surface area is 142 Å². The van der Waals surface area contributed by atoms with Crippen LogP contribution in [0.5, 0.6) is 0 Å². The standard InChI is InChI=1S/C17H28N4O3/c1-18-14(22)9-21(2)10-15(23)19-16(24)20-17-6-11-3-12(7-17)5-13(4-11)8-17/h11-13H,3-10H2,1-2H3,(H,18,22)(H2,19,20,23,24). The molecule has 0 saturated heterocycles. The summed E-state index contributed by atoms with van der Waals surface area (Å²) < 4.78 is 0. The lowest BCUT2D eigenvalue weighted by molar-refractivity contribution is -0.123. The Bertz CT molecular complexity index is 499. The molecule has 0 aromatic heterocycles. The van der Waals surface area contributed by atoms with E-state index < -0.39 is 6.03 Å². The van der Waals surface area contributed by atoms with Gasteiger partial charge in [-0.15, -0.1) is 0 Å². The van der Waals surface area contributed by atoms with E-state index in [1.165, 1.54) is 19.3 Å². The van der Waals surface area contributed by atoms with Crippen molar-refractivity contribution in [3.05, 3.63) is 0 Å². The van der Waals surface area contributed by atoms with Gasteiger partial charge in [0.15, 0.2) is 0 Å². The van der Waals surface area contributed by atoms with Gasteiger partial charge in [-0.05, 0) is 63.3 Å². The molecule has 0 unspecified atom stereocenters. The first kappa shape index (κ1) is 17.2. The van der Waals surface area contributed by atoms with Gasteiger partial charge in [0, 0.05) is 12.6 Å². The highest BCUT2D eigenvalue weighted by Gasteiger charge is 2.51. The van der Waals surface area contributed by atoms with Crippen molar-refractivity contribution in [3.63, 3.8) is 0 Å². The second kappa shape index (κ2) is 6.70. The molecule has 7 nitrogen and oxygen atoms in total. The molecular weight excluding hydrogens is 308 g/mol. The summed E-state index contributed by atoms with van der Waals surface area (Å²) in [4.78, 5) is 37.1. The Morgan fingerprint density at radius 1 is 0.958 bits per heavy atom. The van der Waals surface area contributed by atoms with E-state index >= 15 is 0 Å². The normalized spacial score (nSPS) is 33.4. The zero-order valence-electron chi connectivity index (χ0n) is 14.6. The number of imide groups is 1. The molecule has 24 heavy (non-hydrogen) atoms. The minimum absolute atomic E-state index is 0.0156. The molecule has 4 saturated carbocycles. The number of hydrogen-bond acceptors (Lipinski definition) is 4. The van der Waals surface area contributed by atoms with E-state index in [4.69, 9.17) is 0 Å². The van der Waals surface area contributed by atoms with Gasteiger partial charge in [0.1, 0.15) is 0 Å². The third kappa shape index (κ3) is 3.88. The molecular formula is C17H28N4O3. The second-order valence-electron chi connectivity index (χ2n) is 8.05. The average molecular weight is 336 g/mol. The van der Waals surface area contributed by atoms with E-state index in [2.05, 4.69) is 16.0 Å². The topological polar surface area (TPSA) is 90.5 Å². The van der Waals surface area contributed by atoms with Crippen LogP contribution in [0.25, 0.3) is 0 Å². The summed E-state index contributed by atoms with van der Waals surface area (Å²) in [5.41, 5.74) is -0.104. The largest absolute Gasteiger partial charge is 0.358 e. The summed E-state index contributed by atoms with van der Waals surface area (Å²) in [6, 6.07) is -0.393. The van der Waals surface area contributed by atoms with Gasteiger partial charge in [0.05, 0.1) is 13.1 Å². The molecule has 4 bridgehead atoms. The van der Waals surface area contributed by atoms with Crippen molar-refractivity contribution in [1.82, 2.24) is 20.9 Å². The van der Waals surface area contributed by atoms with Gasteiger partial charge in [-0.2, -0.15) is 0 Å². The van der Waals surface area contributed by atoms with Crippen LogP contribution in [-0.4, -0.2) is 55.5 Å². The van der Waals surface area contributed by atoms with Crippen LogP contribution in [0.4, 0.5) is 4.79 Å². The fourth-order valence-electron chi connectivity index (χ4n) is 5.33. The molecule has 0 atom stereocenters. The van der Waals surface area contributed by atoms with Crippen molar-refractivity contribution < 1.29 is 14.4 Å². The number of hydrogen-bond donors (Lipinski definition) is 3. The number of carbonyl (C=O) groups is 3. The van der Waals surface area contributed by atoms with E-state index in [0.29, 0.717) is 0 Å². The molecule has 0 radical (unpaired) electrons. The van der Waals surface area contributed by atoms with Crippen LogP contribution in [0.3, 0.4) is 0 Å². The maximum absolute atomic E-state index is 12.3. The Morgan fingerprint density at radius 2 is 1.46 bits per heavy atom. The van der Waals surface area contributed by atoms with Crippen molar-refractivity contribution in [2.24, 2.45) is 17.8 Å². The smallest absolute Gasteiger partial charge is 0.321 e. The van der Waals surface area contributed by atoms with Gasteiger partial charge in [-0.25, -0.2) is 4.79 Å². The van der Waals surface area contributed by atoms with Crippen LogP contribution in [0.2, 0.25) is 0 Å². The third-order valence-electron chi connectivity index (χ3n) is 5.78. The Balaban J connectivity index is 1.47. The quantitative estimate of drug-likeness (QED) is 0.680. The van der Waals surface area contributed by atoms with Crippen molar-refractivity contribution >= 4 is 17.8 Å². The van der Waals surface area contributed by atoms with Crippen molar-refractivity contribution in [2.75, 3.05) is 27.2 Å². The van der Waals surface area contributed by atoms with Gasteiger partial charge < -0.3 is 10.6 Å². The maximum atomic E-state index is 12.3. The zero-order chi connectivity index (χ0) is 17.3. The summed E-state index contributed by atoms with van der Waals surface area (Å²) in [6.07, 6.45) is 7.09. The lowest BCUT2D eigenvalue weighted by Gasteiger charge is -2.56. The molecule has 0 aromatic rings. The summed E-state index contributed by atoms with van der Waals surface area (Å²) in [6.45, 7) is 0.141. The summed E-state index contributed by atoms with van der Waals surface area (Å²) >= 11 is 0. The molecule has 7 heteroatoms. The third-order valence-corrected chi connectivity index (χ3v) is 5.78. The van der Waals surface area contributed by atoms with Crippen molar-refractivity contribution in [3.8, 4) is 0 Å². The van der Waals surface area contributed by atoms with E-state index in [0.717, 1.165) is 37.0 Å². The molecule has 4 fully saturated rings. The highest BCUT2D eigenvalue weighted by molar-refractivity contribution is 5.95. The van der Waals surface area contributed by atoms with E-state index in [-0.39, 0.29) is 30.4 Å². The number of rotatable bonds is 5. The SMILES string of the molecule is CNC(=O)CN(C)CC(=O)NC(=O)NC12CC3CC(CC(C3)C1)C2. The minimum atomic E-state index is -0.393. The fourth-order valence-corrected chi connectivity index (χ4v) is 5.33. The Kier molecular flexibility index (Phi) is 4.80. The van der Waals surface area contributed by atoms with Gasteiger partial charge in [0.25, 0.3) is 0 Å². The van der Waals surface area contributed by atoms with E-state index in [9.17, 15) is 14.4 Å². The van der Waals surface area contributed by atoms with Gasteiger partial charge >= 0.3 is 6.03 Å². The fraction of sp³-hybridized carbons (Fsp3) is 0.824. The number of amides is 4. The molecule has 0 heterocycles. The molecule has 4 aliphatic rings. The van der Waals surface area contributed by atoms with Crippen LogP contribution in [0.1, 0.15) is 38.5 Å². The predicted molar refractivity (Wildman–Crippen MR) is 89.1 cm³/mol. The van der Waals surface area contributed by atoms with Crippen LogP contribution in [0.15, 0.2) is 0 Å². The average Bonchev–Trinajstić information content (AvgIpc) is 2.43. The van der Waals surface area contributed by atoms with Gasteiger partial charge in [-0.3, -0.25) is 19.8 Å². The molecule has 134 valence electrons. The van der Waals surface area contributed by atoms with E-state index in [1.54, 1.807) is 19.0 Å². The lowest BCUT2D eigenvalue weighted by Crippen LogP contribution is -2.62. The summed E-state index contributed by atoms with van der Waals surface area (Å²) in [5.74, 6) is 1.68. The monoisotopic (exact) mass is 336 g/mol. The number of nitrogens with one attached hydrogen (secondary N) is 3. The molecule has 0 spiro atoms. The maximum Gasteiger partial charge on any atom is 0.321 e. The summed E-state index contributed by atoms with van der Waals surface area (Å²) in [5, 5.41) is 8.03. The minimum Gasteiger partial charge on any atom is -0.358 e.